The Morgan fingerprint density at radius 3 is 2.52 bits per heavy atom. The number of amides is 1. The molecule has 2 aromatic carbocycles. The molecule has 118 valence electrons. The zero-order valence-corrected chi connectivity index (χ0v) is 12.9. The fraction of sp³-hybridized carbons (Fsp3) is 0.316. The lowest BCUT2D eigenvalue weighted by Gasteiger charge is -2.28. The maximum atomic E-state index is 12.2. The number of hydrogen-bond acceptors (Lipinski definition) is 3. The summed E-state index contributed by atoms with van der Waals surface area (Å²) in [5, 5.41) is 0. The second-order valence-corrected chi connectivity index (χ2v) is 6.10. The van der Waals surface area contributed by atoms with Crippen molar-refractivity contribution < 1.29 is 14.3 Å². The Hall–Kier alpha value is -2.33. The van der Waals surface area contributed by atoms with Crippen molar-refractivity contribution in [3.63, 3.8) is 0 Å². The van der Waals surface area contributed by atoms with Gasteiger partial charge in [0.15, 0.2) is 0 Å². The highest BCUT2D eigenvalue weighted by Crippen LogP contribution is 2.51. The van der Waals surface area contributed by atoms with Gasteiger partial charge in [0.25, 0.3) is 0 Å². The number of epoxide rings is 1. The Bertz CT molecular complexity index is 688. The summed E-state index contributed by atoms with van der Waals surface area (Å²) in [4.78, 5) is 14.0. The third-order valence-corrected chi connectivity index (χ3v) is 4.68. The number of likely N-dealkylation sites (tertiary alicyclic amines) is 1. The summed E-state index contributed by atoms with van der Waals surface area (Å²) in [5.41, 5.74) is 2.03. The molecule has 0 aromatic heterocycles. The number of fused-ring (bicyclic) bond motifs is 1. The van der Waals surface area contributed by atoms with Crippen LogP contribution in [-0.4, -0.2) is 30.2 Å². The third kappa shape index (κ3) is 2.70. The Balaban J connectivity index is 1.34. The highest BCUT2D eigenvalue weighted by molar-refractivity contribution is 5.68. The molecule has 2 saturated heterocycles. The summed E-state index contributed by atoms with van der Waals surface area (Å²) in [6.07, 6.45) is 0.649. The second kappa shape index (κ2) is 5.70. The van der Waals surface area contributed by atoms with Crippen molar-refractivity contribution in [3.8, 4) is 0 Å². The van der Waals surface area contributed by atoms with E-state index in [1.807, 2.05) is 48.5 Å². The van der Waals surface area contributed by atoms with Crippen LogP contribution in [0, 0.1) is 0 Å². The van der Waals surface area contributed by atoms with E-state index in [2.05, 4.69) is 12.1 Å². The predicted molar refractivity (Wildman–Crippen MR) is 85.8 cm³/mol. The van der Waals surface area contributed by atoms with Crippen LogP contribution < -0.4 is 0 Å². The van der Waals surface area contributed by atoms with Gasteiger partial charge in [-0.05, 0) is 11.1 Å². The molecule has 0 bridgehead atoms. The van der Waals surface area contributed by atoms with Crippen LogP contribution in [-0.2, 0) is 21.7 Å². The van der Waals surface area contributed by atoms with Gasteiger partial charge >= 0.3 is 6.09 Å². The first-order chi connectivity index (χ1) is 11.3. The summed E-state index contributed by atoms with van der Waals surface area (Å²) in [7, 11) is 0. The van der Waals surface area contributed by atoms with Crippen LogP contribution in [0.5, 0.6) is 0 Å². The number of benzene rings is 2. The lowest BCUT2D eigenvalue weighted by Crippen LogP contribution is -2.42. The molecule has 0 spiro atoms. The molecular formula is C19H19NO3. The molecule has 2 fully saturated rings. The quantitative estimate of drug-likeness (QED) is 0.817. The second-order valence-electron chi connectivity index (χ2n) is 6.10. The number of rotatable bonds is 3. The average molecular weight is 309 g/mol. The van der Waals surface area contributed by atoms with Gasteiger partial charge in [0.2, 0.25) is 0 Å². The number of carbonyl (C=O) groups excluding carboxylic acids is 1. The van der Waals surface area contributed by atoms with Gasteiger partial charge in [-0.25, -0.2) is 4.79 Å². The van der Waals surface area contributed by atoms with Crippen LogP contribution in [0.15, 0.2) is 60.7 Å². The van der Waals surface area contributed by atoms with E-state index in [0.717, 1.165) is 12.0 Å². The van der Waals surface area contributed by atoms with Crippen LogP contribution in [0.2, 0.25) is 0 Å². The van der Waals surface area contributed by atoms with E-state index in [1.54, 1.807) is 4.90 Å². The van der Waals surface area contributed by atoms with Crippen molar-refractivity contribution in [1.82, 2.24) is 4.90 Å². The van der Waals surface area contributed by atoms with Gasteiger partial charge in [-0.3, -0.25) is 0 Å². The minimum atomic E-state index is -0.258. The van der Waals surface area contributed by atoms with Crippen molar-refractivity contribution in [3.05, 3.63) is 71.8 Å². The number of nitrogens with zero attached hydrogens (tertiary/aromatic N) is 1. The number of hydrogen-bond donors (Lipinski definition) is 0. The molecule has 2 aliphatic heterocycles. The summed E-state index contributed by atoms with van der Waals surface area (Å²) < 4.78 is 11.3. The normalized spacial score (nSPS) is 25.6. The number of piperidine rings is 1. The largest absolute Gasteiger partial charge is 0.445 e. The predicted octanol–water partition coefficient (Wildman–Crippen LogP) is 3.32. The van der Waals surface area contributed by atoms with Gasteiger partial charge in [-0.1, -0.05) is 60.7 Å². The fourth-order valence-electron chi connectivity index (χ4n) is 3.31. The average Bonchev–Trinajstić information content (AvgIpc) is 3.36. The zero-order valence-electron chi connectivity index (χ0n) is 12.9. The molecule has 2 aromatic rings. The van der Waals surface area contributed by atoms with E-state index in [-0.39, 0.29) is 17.8 Å². The van der Waals surface area contributed by atoms with Crippen molar-refractivity contribution in [2.45, 2.75) is 24.7 Å². The molecule has 0 aliphatic carbocycles. The van der Waals surface area contributed by atoms with Gasteiger partial charge in [0, 0.05) is 13.0 Å². The Labute approximate surface area is 135 Å². The van der Waals surface area contributed by atoms with Crippen LogP contribution in [0.3, 0.4) is 0 Å². The third-order valence-electron chi connectivity index (χ3n) is 4.68. The van der Waals surface area contributed by atoms with E-state index >= 15 is 0 Å². The van der Waals surface area contributed by atoms with Gasteiger partial charge < -0.3 is 14.4 Å². The molecule has 0 N–H and O–H groups in total. The van der Waals surface area contributed by atoms with Crippen molar-refractivity contribution in [2.24, 2.45) is 0 Å². The van der Waals surface area contributed by atoms with E-state index < -0.39 is 0 Å². The van der Waals surface area contributed by atoms with E-state index in [1.165, 1.54) is 5.56 Å². The smallest absolute Gasteiger partial charge is 0.410 e. The molecule has 4 nitrogen and oxygen atoms in total. The first-order valence-corrected chi connectivity index (χ1v) is 7.97. The minimum Gasteiger partial charge on any atom is -0.445 e. The number of carbonyl (C=O) groups is 1. The van der Waals surface area contributed by atoms with Crippen molar-refractivity contribution in [2.75, 3.05) is 13.1 Å². The number of ether oxygens (including phenoxy) is 2. The molecule has 0 saturated carbocycles. The van der Waals surface area contributed by atoms with Crippen molar-refractivity contribution >= 4 is 6.09 Å². The highest BCUT2D eigenvalue weighted by Gasteiger charge is 2.60. The Morgan fingerprint density at radius 2 is 1.83 bits per heavy atom. The summed E-state index contributed by atoms with van der Waals surface area (Å²) in [6, 6.07) is 20.0. The fourth-order valence-corrected chi connectivity index (χ4v) is 3.31. The maximum Gasteiger partial charge on any atom is 0.410 e. The Kier molecular flexibility index (Phi) is 3.54. The van der Waals surface area contributed by atoms with E-state index in [4.69, 9.17) is 9.47 Å². The Morgan fingerprint density at radius 1 is 1.13 bits per heavy atom. The molecule has 2 atom stereocenters. The first kappa shape index (κ1) is 14.3. The summed E-state index contributed by atoms with van der Waals surface area (Å²) >= 11 is 0. The molecule has 0 unspecified atom stereocenters. The summed E-state index contributed by atoms with van der Waals surface area (Å²) in [5.74, 6) is 0. The van der Waals surface area contributed by atoms with Crippen molar-refractivity contribution in [1.29, 1.82) is 0 Å². The molecule has 2 aliphatic rings. The van der Waals surface area contributed by atoms with Crippen LogP contribution in [0.25, 0.3) is 0 Å². The molecule has 4 heteroatoms. The van der Waals surface area contributed by atoms with Crippen LogP contribution in [0.1, 0.15) is 17.5 Å². The molecular weight excluding hydrogens is 290 g/mol. The molecule has 4 rings (SSSR count). The lowest BCUT2D eigenvalue weighted by molar-refractivity contribution is 0.0896. The maximum absolute atomic E-state index is 12.2. The SMILES string of the molecule is O=C(OCc1ccccc1)N1CC[C@]2(c3ccccc3)O[C@H]2C1. The van der Waals surface area contributed by atoms with E-state index in [9.17, 15) is 4.79 Å². The summed E-state index contributed by atoms with van der Waals surface area (Å²) in [6.45, 7) is 1.58. The van der Waals surface area contributed by atoms with Crippen LogP contribution >= 0.6 is 0 Å². The van der Waals surface area contributed by atoms with Crippen LogP contribution in [0.4, 0.5) is 4.79 Å². The molecule has 23 heavy (non-hydrogen) atoms. The molecule has 2 heterocycles. The van der Waals surface area contributed by atoms with Gasteiger partial charge in [0.05, 0.1) is 6.54 Å². The van der Waals surface area contributed by atoms with Gasteiger partial charge in [-0.2, -0.15) is 0 Å². The zero-order chi connectivity index (χ0) is 15.7. The monoisotopic (exact) mass is 309 g/mol. The van der Waals surface area contributed by atoms with Gasteiger partial charge in [0.1, 0.15) is 18.3 Å². The standard InChI is InChI=1S/C19H19NO3/c21-18(22-14-15-7-3-1-4-8-15)20-12-11-19(17(13-20)23-19)16-9-5-2-6-10-16/h1-10,17H,11-14H2/t17-,19+/m0/s1. The lowest BCUT2D eigenvalue weighted by atomic mass is 9.89. The highest BCUT2D eigenvalue weighted by atomic mass is 16.6. The van der Waals surface area contributed by atoms with Gasteiger partial charge in [-0.15, -0.1) is 0 Å². The van der Waals surface area contributed by atoms with E-state index in [0.29, 0.717) is 19.7 Å². The first-order valence-electron chi connectivity index (χ1n) is 7.97. The molecule has 0 radical (unpaired) electrons. The minimum absolute atomic E-state index is 0.0860. The molecule has 1 amide bonds. The topological polar surface area (TPSA) is 42.1 Å².